The van der Waals surface area contributed by atoms with Crippen LogP contribution >= 0.6 is 0 Å². The van der Waals surface area contributed by atoms with Gasteiger partial charge in [0.05, 0.1) is 6.04 Å². The number of amides is 1. The molecule has 0 saturated heterocycles. The number of rotatable bonds is 3. The van der Waals surface area contributed by atoms with Gasteiger partial charge < -0.3 is 15.7 Å². The van der Waals surface area contributed by atoms with E-state index < -0.39 is 6.04 Å². The standard InChI is InChI=1S/C11H16N2O2/c1-13(2)11(15)10(12)7-8-3-5-9(14)6-4-8/h3-6,10,14H,7,12H2,1-2H3. The number of carbonyl (C=O) groups is 1. The molecule has 1 aromatic rings. The summed E-state index contributed by atoms with van der Waals surface area (Å²) < 4.78 is 0. The van der Waals surface area contributed by atoms with Gasteiger partial charge in [-0.2, -0.15) is 0 Å². The van der Waals surface area contributed by atoms with Gasteiger partial charge in [-0.15, -0.1) is 0 Å². The number of carbonyl (C=O) groups excluding carboxylic acids is 1. The summed E-state index contributed by atoms with van der Waals surface area (Å²) in [6.07, 6.45) is 0.483. The minimum absolute atomic E-state index is 0.0944. The maximum Gasteiger partial charge on any atom is 0.239 e. The van der Waals surface area contributed by atoms with E-state index in [0.717, 1.165) is 5.56 Å². The van der Waals surface area contributed by atoms with Crippen molar-refractivity contribution >= 4 is 5.91 Å². The number of aromatic hydroxyl groups is 1. The van der Waals surface area contributed by atoms with Crippen molar-refractivity contribution in [1.29, 1.82) is 0 Å². The van der Waals surface area contributed by atoms with Crippen LogP contribution in [0.5, 0.6) is 5.75 Å². The zero-order chi connectivity index (χ0) is 11.4. The fraction of sp³-hybridized carbons (Fsp3) is 0.364. The molecule has 0 aliphatic rings. The van der Waals surface area contributed by atoms with E-state index in [0.29, 0.717) is 6.42 Å². The molecule has 0 radical (unpaired) electrons. The van der Waals surface area contributed by atoms with Gasteiger partial charge >= 0.3 is 0 Å². The normalized spacial score (nSPS) is 12.2. The monoisotopic (exact) mass is 208 g/mol. The number of hydrogen-bond donors (Lipinski definition) is 2. The molecule has 0 aliphatic heterocycles. The average molecular weight is 208 g/mol. The van der Waals surface area contributed by atoms with Crippen LogP contribution in [0.1, 0.15) is 5.56 Å². The van der Waals surface area contributed by atoms with Gasteiger partial charge in [0.1, 0.15) is 5.75 Å². The van der Waals surface area contributed by atoms with E-state index in [1.807, 2.05) is 0 Å². The third-order valence-electron chi connectivity index (χ3n) is 2.15. The summed E-state index contributed by atoms with van der Waals surface area (Å²) in [5.41, 5.74) is 6.67. The van der Waals surface area contributed by atoms with Crippen LogP contribution < -0.4 is 5.73 Å². The topological polar surface area (TPSA) is 66.6 Å². The first-order valence-corrected chi connectivity index (χ1v) is 4.75. The van der Waals surface area contributed by atoms with Crippen molar-refractivity contribution < 1.29 is 9.90 Å². The smallest absolute Gasteiger partial charge is 0.239 e. The van der Waals surface area contributed by atoms with Crippen molar-refractivity contribution in [2.45, 2.75) is 12.5 Å². The van der Waals surface area contributed by atoms with Crippen molar-refractivity contribution in [2.24, 2.45) is 5.73 Å². The molecule has 1 unspecified atom stereocenters. The number of benzene rings is 1. The Bertz CT molecular complexity index is 333. The van der Waals surface area contributed by atoms with Crippen LogP contribution in [0.2, 0.25) is 0 Å². The van der Waals surface area contributed by atoms with E-state index in [9.17, 15) is 4.79 Å². The molecule has 0 spiro atoms. The van der Waals surface area contributed by atoms with Gasteiger partial charge in [-0.3, -0.25) is 4.79 Å². The number of likely N-dealkylation sites (N-methyl/N-ethyl adjacent to an activating group) is 1. The highest BCUT2D eigenvalue weighted by Gasteiger charge is 2.15. The molecule has 1 aromatic carbocycles. The summed E-state index contributed by atoms with van der Waals surface area (Å²) in [6, 6.07) is 6.17. The molecule has 0 aromatic heterocycles. The fourth-order valence-electron chi connectivity index (χ4n) is 1.30. The van der Waals surface area contributed by atoms with Gasteiger partial charge in [-0.1, -0.05) is 12.1 Å². The lowest BCUT2D eigenvalue weighted by atomic mass is 10.1. The SMILES string of the molecule is CN(C)C(=O)C(N)Cc1ccc(O)cc1. The summed E-state index contributed by atoms with van der Waals surface area (Å²) in [4.78, 5) is 12.9. The Hall–Kier alpha value is -1.55. The quantitative estimate of drug-likeness (QED) is 0.753. The van der Waals surface area contributed by atoms with Crippen LogP contribution in [0, 0.1) is 0 Å². The Labute approximate surface area is 89.3 Å². The lowest BCUT2D eigenvalue weighted by molar-refractivity contribution is -0.130. The number of nitrogens with two attached hydrogens (primary N) is 1. The Kier molecular flexibility index (Phi) is 3.68. The molecule has 0 aliphatic carbocycles. The van der Waals surface area contributed by atoms with Crippen LogP contribution in [0.15, 0.2) is 24.3 Å². The molecule has 4 heteroatoms. The lowest BCUT2D eigenvalue weighted by Gasteiger charge is -2.16. The van der Waals surface area contributed by atoms with Gasteiger partial charge in [-0.05, 0) is 24.1 Å². The second-order valence-electron chi connectivity index (χ2n) is 3.71. The summed E-state index contributed by atoms with van der Waals surface area (Å²) in [5, 5.41) is 9.08. The van der Waals surface area contributed by atoms with E-state index in [2.05, 4.69) is 0 Å². The van der Waals surface area contributed by atoms with Crippen molar-refractivity contribution in [1.82, 2.24) is 4.90 Å². The summed E-state index contributed by atoms with van der Waals surface area (Å²) in [7, 11) is 3.36. The highest BCUT2D eigenvalue weighted by Crippen LogP contribution is 2.11. The van der Waals surface area contributed by atoms with Crippen LogP contribution in [0.25, 0.3) is 0 Å². The third kappa shape index (κ3) is 3.25. The van der Waals surface area contributed by atoms with E-state index in [-0.39, 0.29) is 11.7 Å². The Morgan fingerprint density at radius 1 is 1.40 bits per heavy atom. The van der Waals surface area contributed by atoms with Crippen molar-refractivity contribution in [3.8, 4) is 5.75 Å². The van der Waals surface area contributed by atoms with Crippen LogP contribution in [0.3, 0.4) is 0 Å². The number of phenols is 1. The van der Waals surface area contributed by atoms with Crippen molar-refractivity contribution in [3.63, 3.8) is 0 Å². The molecule has 82 valence electrons. The molecule has 0 fully saturated rings. The second kappa shape index (κ2) is 4.79. The molecule has 1 rings (SSSR count). The van der Waals surface area contributed by atoms with Crippen molar-refractivity contribution in [2.75, 3.05) is 14.1 Å². The first kappa shape index (κ1) is 11.5. The number of phenolic OH excluding ortho intramolecular Hbond substituents is 1. The summed E-state index contributed by atoms with van der Waals surface area (Å²) in [6.45, 7) is 0. The number of nitrogens with zero attached hydrogens (tertiary/aromatic N) is 1. The molecule has 4 nitrogen and oxygen atoms in total. The van der Waals surface area contributed by atoms with Gasteiger partial charge in [0.15, 0.2) is 0 Å². The van der Waals surface area contributed by atoms with Gasteiger partial charge in [0, 0.05) is 14.1 Å². The fourth-order valence-corrected chi connectivity index (χ4v) is 1.30. The number of hydrogen-bond acceptors (Lipinski definition) is 3. The third-order valence-corrected chi connectivity index (χ3v) is 2.15. The Morgan fingerprint density at radius 2 is 1.93 bits per heavy atom. The van der Waals surface area contributed by atoms with Gasteiger partial charge in [-0.25, -0.2) is 0 Å². The first-order valence-electron chi connectivity index (χ1n) is 4.75. The van der Waals surface area contributed by atoms with E-state index in [4.69, 9.17) is 10.8 Å². The van der Waals surface area contributed by atoms with E-state index in [1.165, 1.54) is 4.90 Å². The molecule has 15 heavy (non-hydrogen) atoms. The summed E-state index contributed by atoms with van der Waals surface area (Å²) >= 11 is 0. The second-order valence-corrected chi connectivity index (χ2v) is 3.71. The first-order chi connectivity index (χ1) is 7.00. The predicted molar refractivity (Wildman–Crippen MR) is 58.5 cm³/mol. The molecule has 0 heterocycles. The van der Waals surface area contributed by atoms with Gasteiger partial charge in [0.2, 0.25) is 5.91 Å². The van der Waals surface area contributed by atoms with Crippen LogP contribution in [-0.4, -0.2) is 36.1 Å². The zero-order valence-corrected chi connectivity index (χ0v) is 8.97. The molecule has 0 saturated carbocycles. The maximum absolute atomic E-state index is 11.5. The minimum atomic E-state index is -0.524. The van der Waals surface area contributed by atoms with Gasteiger partial charge in [0.25, 0.3) is 0 Å². The predicted octanol–water partition coefficient (Wildman–Crippen LogP) is 0.350. The molecule has 3 N–H and O–H groups in total. The maximum atomic E-state index is 11.5. The highest BCUT2D eigenvalue weighted by molar-refractivity contribution is 5.81. The molecule has 0 bridgehead atoms. The molecular formula is C11H16N2O2. The Morgan fingerprint density at radius 3 is 2.40 bits per heavy atom. The summed E-state index contributed by atoms with van der Waals surface area (Å²) in [5.74, 6) is 0.120. The molecule has 1 atom stereocenters. The lowest BCUT2D eigenvalue weighted by Crippen LogP contribution is -2.41. The minimum Gasteiger partial charge on any atom is -0.508 e. The highest BCUT2D eigenvalue weighted by atomic mass is 16.3. The van der Waals surface area contributed by atoms with Crippen LogP contribution in [0.4, 0.5) is 0 Å². The largest absolute Gasteiger partial charge is 0.508 e. The van der Waals surface area contributed by atoms with E-state index >= 15 is 0 Å². The van der Waals surface area contributed by atoms with Crippen LogP contribution in [-0.2, 0) is 11.2 Å². The average Bonchev–Trinajstić information content (AvgIpc) is 2.20. The van der Waals surface area contributed by atoms with E-state index in [1.54, 1.807) is 38.4 Å². The van der Waals surface area contributed by atoms with Crippen molar-refractivity contribution in [3.05, 3.63) is 29.8 Å². The molecular weight excluding hydrogens is 192 g/mol. The Balaban J connectivity index is 2.62. The molecule has 1 amide bonds. The zero-order valence-electron chi connectivity index (χ0n) is 8.97.